The van der Waals surface area contributed by atoms with E-state index in [-0.39, 0.29) is 11.4 Å². The average Bonchev–Trinajstić information content (AvgIpc) is 2.38. The number of benzene rings is 1. The highest BCUT2D eigenvalue weighted by molar-refractivity contribution is 6.30. The molecular weight excluding hydrogens is 272 g/mol. The minimum Gasteiger partial charge on any atom is -0.463 e. The number of ether oxygens (including phenoxy) is 1. The highest BCUT2D eigenvalue weighted by Gasteiger charge is 2.35. The maximum atomic E-state index is 12.4. The summed E-state index contributed by atoms with van der Waals surface area (Å²) in [6, 6.07) is 7.71. The number of carbonyl (C=O) groups excluding carboxylic acids is 1. The Kier molecular flexibility index (Phi) is 4.54. The maximum Gasteiger partial charge on any atom is 0.334 e. The van der Waals surface area contributed by atoms with Crippen molar-refractivity contribution in [3.63, 3.8) is 0 Å². The third-order valence-corrected chi connectivity index (χ3v) is 4.13. The Morgan fingerprint density at radius 2 is 1.95 bits per heavy atom. The zero-order valence-electron chi connectivity index (χ0n) is 12.3. The van der Waals surface area contributed by atoms with Crippen molar-refractivity contribution in [2.24, 2.45) is 5.41 Å². The number of halogens is 1. The van der Waals surface area contributed by atoms with Crippen LogP contribution in [0.3, 0.4) is 0 Å². The number of hydrogen-bond donors (Lipinski definition) is 0. The van der Waals surface area contributed by atoms with Crippen LogP contribution in [0.1, 0.15) is 45.6 Å². The van der Waals surface area contributed by atoms with Crippen LogP contribution in [0, 0.1) is 5.41 Å². The van der Waals surface area contributed by atoms with Crippen LogP contribution < -0.4 is 0 Å². The highest BCUT2D eigenvalue weighted by atomic mass is 35.5. The van der Waals surface area contributed by atoms with Crippen molar-refractivity contribution >= 4 is 23.1 Å². The minimum absolute atomic E-state index is 0.139. The van der Waals surface area contributed by atoms with Gasteiger partial charge in [-0.05, 0) is 54.9 Å². The fourth-order valence-corrected chi connectivity index (χ4v) is 3.03. The summed E-state index contributed by atoms with van der Waals surface area (Å²) < 4.78 is 5.27. The topological polar surface area (TPSA) is 26.3 Å². The Morgan fingerprint density at radius 3 is 2.55 bits per heavy atom. The normalized spacial score (nSPS) is 18.0. The molecule has 0 unspecified atom stereocenters. The van der Waals surface area contributed by atoms with Gasteiger partial charge >= 0.3 is 5.97 Å². The monoisotopic (exact) mass is 292 g/mol. The van der Waals surface area contributed by atoms with Gasteiger partial charge < -0.3 is 4.74 Å². The van der Waals surface area contributed by atoms with E-state index in [2.05, 4.69) is 13.8 Å². The Morgan fingerprint density at radius 1 is 1.30 bits per heavy atom. The summed E-state index contributed by atoms with van der Waals surface area (Å²) in [5, 5.41) is 0.710. The molecule has 0 N–H and O–H groups in total. The standard InChI is InChI=1S/C17H21ClO2/c1-4-20-16(19)15-14(6-5-11-17(15,2)3)12-7-9-13(18)10-8-12/h7-10H,4-6,11H2,1-3H3. The number of allylic oxidation sites excluding steroid dienone is 1. The van der Waals surface area contributed by atoms with Gasteiger partial charge in [-0.3, -0.25) is 0 Å². The Balaban J connectivity index is 2.52. The lowest BCUT2D eigenvalue weighted by Gasteiger charge is -2.34. The first kappa shape index (κ1) is 15.1. The molecule has 108 valence electrons. The Bertz CT molecular complexity index is 526. The second-order valence-corrected chi connectivity index (χ2v) is 6.25. The summed E-state index contributed by atoms with van der Waals surface area (Å²) in [5.41, 5.74) is 2.87. The molecule has 0 atom stereocenters. The number of hydrogen-bond acceptors (Lipinski definition) is 2. The molecule has 1 aromatic carbocycles. The molecule has 0 amide bonds. The molecule has 0 spiro atoms. The van der Waals surface area contributed by atoms with Crippen molar-refractivity contribution in [1.82, 2.24) is 0 Å². The van der Waals surface area contributed by atoms with Crippen LogP contribution >= 0.6 is 11.6 Å². The van der Waals surface area contributed by atoms with E-state index >= 15 is 0 Å². The first-order valence-corrected chi connectivity index (χ1v) is 7.50. The molecule has 0 bridgehead atoms. The van der Waals surface area contributed by atoms with Crippen LogP contribution in [0.5, 0.6) is 0 Å². The van der Waals surface area contributed by atoms with Crippen LogP contribution in [-0.4, -0.2) is 12.6 Å². The van der Waals surface area contributed by atoms with E-state index in [0.717, 1.165) is 36.0 Å². The second-order valence-electron chi connectivity index (χ2n) is 5.82. The molecule has 0 saturated carbocycles. The van der Waals surface area contributed by atoms with Crippen molar-refractivity contribution in [3.8, 4) is 0 Å². The molecule has 0 radical (unpaired) electrons. The number of rotatable bonds is 3. The molecule has 0 heterocycles. The fraction of sp³-hybridized carbons (Fsp3) is 0.471. The van der Waals surface area contributed by atoms with Gasteiger partial charge in [0.25, 0.3) is 0 Å². The van der Waals surface area contributed by atoms with Crippen LogP contribution in [0.25, 0.3) is 5.57 Å². The smallest absolute Gasteiger partial charge is 0.334 e. The zero-order valence-corrected chi connectivity index (χ0v) is 13.1. The number of esters is 1. The second kappa shape index (κ2) is 6.01. The van der Waals surface area contributed by atoms with Gasteiger partial charge in [-0.1, -0.05) is 37.6 Å². The minimum atomic E-state index is -0.179. The molecule has 0 fully saturated rings. The van der Waals surface area contributed by atoms with Crippen LogP contribution in [0.4, 0.5) is 0 Å². The quantitative estimate of drug-likeness (QED) is 0.743. The third kappa shape index (κ3) is 3.06. The van der Waals surface area contributed by atoms with Gasteiger partial charge in [-0.15, -0.1) is 0 Å². The van der Waals surface area contributed by atoms with E-state index in [1.807, 2.05) is 31.2 Å². The molecule has 20 heavy (non-hydrogen) atoms. The van der Waals surface area contributed by atoms with Gasteiger partial charge in [0.05, 0.1) is 6.61 Å². The van der Waals surface area contributed by atoms with Crippen molar-refractivity contribution in [2.45, 2.75) is 40.0 Å². The summed E-state index contributed by atoms with van der Waals surface area (Å²) >= 11 is 5.95. The molecule has 0 aliphatic heterocycles. The van der Waals surface area contributed by atoms with E-state index < -0.39 is 0 Å². The van der Waals surface area contributed by atoms with Crippen molar-refractivity contribution in [2.75, 3.05) is 6.61 Å². The molecule has 0 saturated heterocycles. The largest absolute Gasteiger partial charge is 0.463 e. The van der Waals surface area contributed by atoms with Crippen molar-refractivity contribution in [3.05, 3.63) is 40.4 Å². The lowest BCUT2D eigenvalue weighted by molar-refractivity contribution is -0.139. The van der Waals surface area contributed by atoms with E-state index in [4.69, 9.17) is 16.3 Å². The molecular formula is C17H21ClO2. The highest BCUT2D eigenvalue weighted by Crippen LogP contribution is 2.44. The van der Waals surface area contributed by atoms with Gasteiger partial charge in [0.1, 0.15) is 0 Å². The van der Waals surface area contributed by atoms with Crippen LogP contribution in [0.15, 0.2) is 29.8 Å². The first-order chi connectivity index (χ1) is 9.45. The van der Waals surface area contributed by atoms with Gasteiger partial charge in [-0.2, -0.15) is 0 Å². The molecule has 1 aliphatic rings. The molecule has 0 aromatic heterocycles. The van der Waals surface area contributed by atoms with Gasteiger partial charge in [-0.25, -0.2) is 4.79 Å². The Hall–Kier alpha value is -1.28. The third-order valence-electron chi connectivity index (χ3n) is 3.88. The van der Waals surface area contributed by atoms with E-state index in [9.17, 15) is 4.79 Å². The number of carbonyl (C=O) groups is 1. The van der Waals surface area contributed by atoms with E-state index in [1.54, 1.807) is 0 Å². The summed E-state index contributed by atoms with van der Waals surface area (Å²) in [4.78, 5) is 12.4. The average molecular weight is 293 g/mol. The van der Waals surface area contributed by atoms with E-state index in [0.29, 0.717) is 11.6 Å². The lowest BCUT2D eigenvalue weighted by atomic mass is 9.71. The summed E-state index contributed by atoms with van der Waals surface area (Å²) in [6.07, 6.45) is 3.02. The summed E-state index contributed by atoms with van der Waals surface area (Å²) in [6.45, 7) is 6.49. The maximum absolute atomic E-state index is 12.4. The van der Waals surface area contributed by atoms with Crippen molar-refractivity contribution in [1.29, 1.82) is 0 Å². The Labute approximate surface area is 125 Å². The van der Waals surface area contributed by atoms with Crippen LogP contribution in [0.2, 0.25) is 5.02 Å². The summed E-state index contributed by atoms with van der Waals surface area (Å²) in [7, 11) is 0. The molecule has 2 rings (SSSR count). The molecule has 3 heteroatoms. The van der Waals surface area contributed by atoms with E-state index in [1.165, 1.54) is 0 Å². The van der Waals surface area contributed by atoms with Gasteiger partial charge in [0, 0.05) is 10.6 Å². The summed E-state index contributed by atoms with van der Waals surface area (Å²) in [5.74, 6) is -0.179. The van der Waals surface area contributed by atoms with Crippen molar-refractivity contribution < 1.29 is 9.53 Å². The lowest BCUT2D eigenvalue weighted by Crippen LogP contribution is -2.27. The fourth-order valence-electron chi connectivity index (χ4n) is 2.91. The van der Waals surface area contributed by atoms with Gasteiger partial charge in [0.2, 0.25) is 0 Å². The zero-order chi connectivity index (χ0) is 14.8. The van der Waals surface area contributed by atoms with Gasteiger partial charge in [0.15, 0.2) is 0 Å². The molecule has 1 aliphatic carbocycles. The predicted molar refractivity (Wildman–Crippen MR) is 82.6 cm³/mol. The molecule has 1 aromatic rings. The van der Waals surface area contributed by atoms with Crippen LogP contribution in [-0.2, 0) is 9.53 Å². The molecule has 2 nitrogen and oxygen atoms in total. The SMILES string of the molecule is CCOC(=O)C1=C(c2ccc(Cl)cc2)CCCC1(C)C. The predicted octanol–water partition coefficient (Wildman–Crippen LogP) is 4.87. The first-order valence-electron chi connectivity index (χ1n) is 7.12.